The van der Waals surface area contributed by atoms with Crippen molar-refractivity contribution in [3.63, 3.8) is 0 Å². The summed E-state index contributed by atoms with van der Waals surface area (Å²) >= 11 is 0. The summed E-state index contributed by atoms with van der Waals surface area (Å²) in [6.07, 6.45) is 8.80. The fraction of sp³-hybridized carbons (Fsp3) is 0.292. The number of aromatic nitrogens is 2. The fourth-order valence-corrected chi connectivity index (χ4v) is 3.78. The molecule has 1 aliphatic rings. The SMILES string of the molecule is O=C(C[C@H]1C(=O)NCCN1C/C=C/c1ccccc1)NCCc1cn2ccccc2n1. The second-order valence-electron chi connectivity index (χ2n) is 7.62. The van der Waals surface area contributed by atoms with Crippen molar-refractivity contribution in [3.8, 4) is 0 Å². The van der Waals surface area contributed by atoms with Gasteiger partial charge >= 0.3 is 0 Å². The minimum atomic E-state index is -0.454. The number of benzene rings is 1. The third-order valence-electron chi connectivity index (χ3n) is 5.39. The summed E-state index contributed by atoms with van der Waals surface area (Å²) in [7, 11) is 0. The standard InChI is InChI=1S/C24H27N5O2/c30-23(25-12-11-20-18-29-14-5-4-10-22(29)27-20)17-21-24(31)26-13-16-28(21)15-6-9-19-7-2-1-3-8-19/h1-10,14,18,21H,11-13,15-17H2,(H,25,30)(H,26,31)/b9-6+/t21-/m0/s1. The number of hydrogen-bond donors (Lipinski definition) is 2. The minimum absolute atomic E-state index is 0.0881. The van der Waals surface area contributed by atoms with Gasteiger partial charge in [-0.1, -0.05) is 48.6 Å². The second kappa shape index (κ2) is 10.0. The predicted octanol–water partition coefficient (Wildman–Crippen LogP) is 1.90. The largest absolute Gasteiger partial charge is 0.356 e. The van der Waals surface area contributed by atoms with Crippen LogP contribution in [0.25, 0.3) is 11.7 Å². The highest BCUT2D eigenvalue weighted by molar-refractivity contribution is 5.88. The molecule has 3 aromatic rings. The third kappa shape index (κ3) is 5.58. The minimum Gasteiger partial charge on any atom is -0.356 e. The van der Waals surface area contributed by atoms with Gasteiger partial charge < -0.3 is 15.0 Å². The molecule has 160 valence electrons. The molecule has 7 heteroatoms. The average Bonchev–Trinajstić information content (AvgIpc) is 3.19. The van der Waals surface area contributed by atoms with E-state index in [-0.39, 0.29) is 18.2 Å². The number of carbonyl (C=O) groups is 2. The number of fused-ring (bicyclic) bond motifs is 1. The van der Waals surface area contributed by atoms with E-state index in [9.17, 15) is 9.59 Å². The summed E-state index contributed by atoms with van der Waals surface area (Å²) in [6.45, 7) is 2.44. The number of hydrogen-bond acceptors (Lipinski definition) is 4. The van der Waals surface area contributed by atoms with Crippen LogP contribution in [0.15, 0.2) is 67.0 Å². The van der Waals surface area contributed by atoms with Gasteiger partial charge in [-0.25, -0.2) is 4.98 Å². The number of carbonyl (C=O) groups excluding carboxylic acids is 2. The van der Waals surface area contributed by atoms with Crippen molar-refractivity contribution in [3.05, 3.63) is 78.3 Å². The molecule has 0 saturated carbocycles. The highest BCUT2D eigenvalue weighted by atomic mass is 16.2. The van der Waals surface area contributed by atoms with Gasteiger partial charge in [0.15, 0.2) is 0 Å². The van der Waals surface area contributed by atoms with Crippen molar-refractivity contribution in [2.75, 3.05) is 26.2 Å². The summed E-state index contributed by atoms with van der Waals surface area (Å²) in [5, 5.41) is 5.81. The zero-order chi connectivity index (χ0) is 21.5. The number of piperazine rings is 1. The number of nitrogens with one attached hydrogen (secondary N) is 2. The van der Waals surface area contributed by atoms with E-state index in [0.717, 1.165) is 23.4 Å². The van der Waals surface area contributed by atoms with Crippen LogP contribution in [0.5, 0.6) is 0 Å². The first kappa shape index (κ1) is 20.8. The van der Waals surface area contributed by atoms with E-state index in [1.165, 1.54) is 0 Å². The molecule has 1 fully saturated rings. The summed E-state index contributed by atoms with van der Waals surface area (Å²) in [4.78, 5) is 31.5. The summed E-state index contributed by atoms with van der Waals surface area (Å²) < 4.78 is 1.96. The fourth-order valence-electron chi connectivity index (χ4n) is 3.78. The van der Waals surface area contributed by atoms with Crippen molar-refractivity contribution in [1.29, 1.82) is 0 Å². The lowest BCUT2D eigenvalue weighted by Gasteiger charge is -2.33. The lowest BCUT2D eigenvalue weighted by atomic mass is 10.1. The molecule has 2 amide bonds. The molecule has 4 rings (SSSR count). The van der Waals surface area contributed by atoms with E-state index in [4.69, 9.17) is 0 Å². The zero-order valence-corrected chi connectivity index (χ0v) is 17.4. The number of rotatable bonds is 8. The van der Waals surface area contributed by atoms with Crippen molar-refractivity contribution >= 4 is 23.5 Å². The van der Waals surface area contributed by atoms with E-state index in [1.807, 2.05) is 77.5 Å². The molecule has 0 spiro atoms. The van der Waals surface area contributed by atoms with Crippen molar-refractivity contribution in [2.45, 2.75) is 18.9 Å². The number of amides is 2. The Morgan fingerprint density at radius 1 is 1.19 bits per heavy atom. The smallest absolute Gasteiger partial charge is 0.237 e. The van der Waals surface area contributed by atoms with Crippen LogP contribution in [0.4, 0.5) is 0 Å². The molecule has 0 aliphatic carbocycles. The molecule has 3 heterocycles. The van der Waals surface area contributed by atoms with Gasteiger partial charge in [0, 0.05) is 45.0 Å². The first-order valence-corrected chi connectivity index (χ1v) is 10.6. The molecule has 2 N–H and O–H groups in total. The molecule has 1 aliphatic heterocycles. The maximum absolute atomic E-state index is 12.5. The van der Waals surface area contributed by atoms with Gasteiger partial charge in [0.25, 0.3) is 0 Å². The van der Waals surface area contributed by atoms with Gasteiger partial charge in [-0.2, -0.15) is 0 Å². The molecule has 0 radical (unpaired) electrons. The molecule has 1 atom stereocenters. The lowest BCUT2D eigenvalue weighted by molar-refractivity contribution is -0.133. The van der Waals surface area contributed by atoms with Gasteiger partial charge in [0.1, 0.15) is 5.65 Å². The molecule has 0 unspecified atom stereocenters. The lowest BCUT2D eigenvalue weighted by Crippen LogP contribution is -2.56. The van der Waals surface area contributed by atoms with Crippen LogP contribution >= 0.6 is 0 Å². The average molecular weight is 418 g/mol. The molecule has 0 bridgehead atoms. The monoisotopic (exact) mass is 417 g/mol. The Kier molecular flexibility index (Phi) is 6.74. The molecular formula is C24H27N5O2. The first-order valence-electron chi connectivity index (χ1n) is 10.6. The Hall–Kier alpha value is -3.45. The quantitative estimate of drug-likeness (QED) is 0.587. The molecule has 2 aromatic heterocycles. The highest BCUT2D eigenvalue weighted by Crippen LogP contribution is 2.10. The van der Waals surface area contributed by atoms with Gasteiger partial charge in [0.05, 0.1) is 18.2 Å². The van der Waals surface area contributed by atoms with Crippen LogP contribution in [-0.4, -0.2) is 58.3 Å². The maximum Gasteiger partial charge on any atom is 0.237 e. The predicted molar refractivity (Wildman–Crippen MR) is 120 cm³/mol. The summed E-state index contributed by atoms with van der Waals surface area (Å²) in [5.74, 6) is -0.210. The molecule has 1 saturated heterocycles. The summed E-state index contributed by atoms with van der Waals surface area (Å²) in [6, 6.07) is 15.4. The Morgan fingerprint density at radius 2 is 2.03 bits per heavy atom. The van der Waals surface area contributed by atoms with E-state index in [1.54, 1.807) is 0 Å². The Bertz CT molecular complexity index is 1030. The molecular weight excluding hydrogens is 390 g/mol. The molecule has 1 aromatic carbocycles. The number of pyridine rings is 1. The van der Waals surface area contributed by atoms with Crippen molar-refractivity contribution in [2.24, 2.45) is 0 Å². The maximum atomic E-state index is 12.5. The Balaban J connectivity index is 1.28. The zero-order valence-electron chi connectivity index (χ0n) is 17.4. The van der Waals surface area contributed by atoms with Crippen LogP contribution in [0.1, 0.15) is 17.7 Å². The van der Waals surface area contributed by atoms with Crippen LogP contribution in [0, 0.1) is 0 Å². The Morgan fingerprint density at radius 3 is 2.87 bits per heavy atom. The molecule has 31 heavy (non-hydrogen) atoms. The van der Waals surface area contributed by atoms with Gasteiger partial charge in [0.2, 0.25) is 11.8 Å². The number of imidazole rings is 1. The topological polar surface area (TPSA) is 78.7 Å². The van der Waals surface area contributed by atoms with Gasteiger partial charge in [-0.05, 0) is 17.7 Å². The second-order valence-corrected chi connectivity index (χ2v) is 7.62. The summed E-state index contributed by atoms with van der Waals surface area (Å²) in [5.41, 5.74) is 2.93. The normalized spacial score (nSPS) is 17.2. The van der Waals surface area contributed by atoms with E-state index < -0.39 is 6.04 Å². The van der Waals surface area contributed by atoms with Gasteiger partial charge in [-0.15, -0.1) is 0 Å². The Labute approximate surface area is 181 Å². The van der Waals surface area contributed by atoms with Crippen LogP contribution in [-0.2, 0) is 16.0 Å². The third-order valence-corrected chi connectivity index (χ3v) is 5.39. The van der Waals surface area contributed by atoms with Gasteiger partial charge in [-0.3, -0.25) is 14.5 Å². The molecule has 7 nitrogen and oxygen atoms in total. The highest BCUT2D eigenvalue weighted by Gasteiger charge is 2.30. The number of nitrogens with zero attached hydrogens (tertiary/aromatic N) is 3. The van der Waals surface area contributed by atoms with E-state index in [0.29, 0.717) is 26.1 Å². The van der Waals surface area contributed by atoms with Crippen molar-refractivity contribution in [1.82, 2.24) is 24.9 Å². The first-order chi connectivity index (χ1) is 15.2. The van der Waals surface area contributed by atoms with Crippen LogP contribution < -0.4 is 10.6 Å². The van der Waals surface area contributed by atoms with E-state index >= 15 is 0 Å². The van der Waals surface area contributed by atoms with Crippen LogP contribution in [0.2, 0.25) is 0 Å². The van der Waals surface area contributed by atoms with E-state index in [2.05, 4.69) is 20.5 Å². The van der Waals surface area contributed by atoms with Crippen LogP contribution in [0.3, 0.4) is 0 Å². The van der Waals surface area contributed by atoms with Crippen molar-refractivity contribution < 1.29 is 9.59 Å².